The summed E-state index contributed by atoms with van der Waals surface area (Å²) in [6, 6.07) is 5.84. The number of nitrogens with one attached hydrogen (secondary N) is 2. The number of nitrogens with zero attached hydrogens (tertiary/aromatic N) is 1. The minimum absolute atomic E-state index is 0.743. The number of hydrogen-bond donors (Lipinski definition) is 2. The molecule has 0 aliphatic carbocycles. The van der Waals surface area contributed by atoms with Crippen LogP contribution in [-0.2, 0) is 13.1 Å². The summed E-state index contributed by atoms with van der Waals surface area (Å²) < 4.78 is 10.5. The zero-order chi connectivity index (χ0) is 12.8. The molecule has 0 saturated heterocycles. The molecule has 1 aromatic carbocycles. The van der Waals surface area contributed by atoms with Crippen LogP contribution in [0.3, 0.4) is 0 Å². The molecule has 0 aliphatic heterocycles. The zero-order valence-corrected chi connectivity index (χ0v) is 10.6. The Hall–Kier alpha value is -2.01. The molecule has 0 fully saturated rings. The summed E-state index contributed by atoms with van der Waals surface area (Å²) >= 11 is 0. The highest BCUT2D eigenvalue weighted by atomic mass is 16.5. The summed E-state index contributed by atoms with van der Waals surface area (Å²) in [5, 5.41) is 3.32. The Bertz CT molecular complexity index is 461. The van der Waals surface area contributed by atoms with Gasteiger partial charge in [0.2, 0.25) is 0 Å². The van der Waals surface area contributed by atoms with Crippen LogP contribution in [0.2, 0.25) is 0 Å². The lowest BCUT2D eigenvalue weighted by molar-refractivity contribution is 0.393. The fourth-order valence-corrected chi connectivity index (χ4v) is 1.69. The third-order valence-electron chi connectivity index (χ3n) is 2.61. The predicted octanol–water partition coefficient (Wildman–Crippen LogP) is 1.72. The van der Waals surface area contributed by atoms with Gasteiger partial charge in [0.25, 0.3) is 0 Å². The summed E-state index contributed by atoms with van der Waals surface area (Å²) in [4.78, 5) is 7.01. The second-order valence-corrected chi connectivity index (χ2v) is 3.90. The fourth-order valence-electron chi connectivity index (χ4n) is 1.69. The van der Waals surface area contributed by atoms with Crippen molar-refractivity contribution in [2.24, 2.45) is 0 Å². The normalized spacial score (nSPS) is 10.3. The van der Waals surface area contributed by atoms with E-state index in [0.717, 1.165) is 35.8 Å². The zero-order valence-electron chi connectivity index (χ0n) is 10.6. The number of H-pyrrole nitrogens is 1. The molecule has 5 nitrogen and oxygen atoms in total. The molecule has 0 aliphatic rings. The van der Waals surface area contributed by atoms with Crippen molar-refractivity contribution in [2.75, 3.05) is 14.2 Å². The first kappa shape index (κ1) is 12.4. The van der Waals surface area contributed by atoms with Crippen molar-refractivity contribution < 1.29 is 9.47 Å². The molecule has 0 saturated carbocycles. The van der Waals surface area contributed by atoms with E-state index in [9.17, 15) is 0 Å². The summed E-state index contributed by atoms with van der Waals surface area (Å²) in [6.07, 6.45) is 3.48. The van der Waals surface area contributed by atoms with Crippen molar-refractivity contribution in [3.8, 4) is 11.5 Å². The van der Waals surface area contributed by atoms with Crippen molar-refractivity contribution in [1.82, 2.24) is 15.3 Å². The quantitative estimate of drug-likeness (QED) is 0.816. The van der Waals surface area contributed by atoms with E-state index in [1.807, 2.05) is 18.2 Å². The van der Waals surface area contributed by atoms with Crippen molar-refractivity contribution in [1.29, 1.82) is 0 Å². The van der Waals surface area contributed by atoms with Crippen LogP contribution in [0.4, 0.5) is 0 Å². The summed E-state index contributed by atoms with van der Waals surface area (Å²) in [6.45, 7) is 1.49. The van der Waals surface area contributed by atoms with Crippen molar-refractivity contribution in [2.45, 2.75) is 13.1 Å². The van der Waals surface area contributed by atoms with Gasteiger partial charge in [-0.15, -0.1) is 0 Å². The molecule has 5 heteroatoms. The third kappa shape index (κ3) is 3.24. The van der Waals surface area contributed by atoms with E-state index in [-0.39, 0.29) is 0 Å². The Morgan fingerprint density at radius 3 is 2.39 bits per heavy atom. The first-order valence-electron chi connectivity index (χ1n) is 5.71. The molecule has 2 N–H and O–H groups in total. The number of ether oxygens (including phenoxy) is 2. The number of aromatic amines is 1. The van der Waals surface area contributed by atoms with Crippen LogP contribution in [0.25, 0.3) is 0 Å². The monoisotopic (exact) mass is 247 g/mol. The van der Waals surface area contributed by atoms with E-state index in [4.69, 9.17) is 9.47 Å². The highest BCUT2D eigenvalue weighted by molar-refractivity contribution is 5.38. The lowest BCUT2D eigenvalue weighted by atomic mass is 10.2. The number of imidazole rings is 1. The highest BCUT2D eigenvalue weighted by Gasteiger charge is 2.02. The van der Waals surface area contributed by atoms with Gasteiger partial charge >= 0.3 is 0 Å². The van der Waals surface area contributed by atoms with Gasteiger partial charge in [-0.05, 0) is 17.7 Å². The SMILES string of the molecule is COc1cc(CNCc2cnc[nH]2)cc(OC)c1. The molecule has 0 atom stereocenters. The Morgan fingerprint density at radius 2 is 1.83 bits per heavy atom. The number of rotatable bonds is 6. The number of benzene rings is 1. The largest absolute Gasteiger partial charge is 0.497 e. The summed E-state index contributed by atoms with van der Waals surface area (Å²) in [7, 11) is 3.30. The predicted molar refractivity (Wildman–Crippen MR) is 68.7 cm³/mol. The first-order valence-corrected chi connectivity index (χ1v) is 5.71. The molecular weight excluding hydrogens is 230 g/mol. The van der Waals surface area contributed by atoms with Crippen LogP contribution in [0.1, 0.15) is 11.3 Å². The lowest BCUT2D eigenvalue weighted by Gasteiger charge is -2.09. The smallest absolute Gasteiger partial charge is 0.122 e. The maximum Gasteiger partial charge on any atom is 0.122 e. The van der Waals surface area contributed by atoms with Gasteiger partial charge < -0.3 is 19.8 Å². The van der Waals surface area contributed by atoms with Crippen LogP contribution in [0.5, 0.6) is 11.5 Å². The lowest BCUT2D eigenvalue weighted by Crippen LogP contribution is -2.13. The van der Waals surface area contributed by atoms with E-state index < -0.39 is 0 Å². The van der Waals surface area contributed by atoms with Gasteiger partial charge in [-0.25, -0.2) is 4.98 Å². The molecule has 0 radical (unpaired) electrons. The summed E-state index contributed by atoms with van der Waals surface area (Å²) in [5.41, 5.74) is 2.18. The molecule has 1 heterocycles. The minimum atomic E-state index is 0.743. The topological polar surface area (TPSA) is 59.2 Å². The van der Waals surface area contributed by atoms with Crippen molar-refractivity contribution in [3.05, 3.63) is 42.0 Å². The maximum atomic E-state index is 5.23. The molecule has 0 spiro atoms. The van der Waals surface area contributed by atoms with Gasteiger partial charge in [0, 0.05) is 31.0 Å². The van der Waals surface area contributed by atoms with Crippen molar-refractivity contribution >= 4 is 0 Å². The van der Waals surface area contributed by atoms with E-state index >= 15 is 0 Å². The van der Waals surface area contributed by atoms with E-state index in [2.05, 4.69) is 15.3 Å². The van der Waals surface area contributed by atoms with E-state index in [0.29, 0.717) is 0 Å². The van der Waals surface area contributed by atoms with E-state index in [1.165, 1.54) is 0 Å². The molecule has 2 rings (SSSR count). The molecule has 96 valence electrons. The van der Waals surface area contributed by atoms with Gasteiger partial charge in [-0.3, -0.25) is 0 Å². The second kappa shape index (κ2) is 6.07. The molecule has 0 unspecified atom stereocenters. The molecular formula is C13H17N3O2. The fraction of sp³-hybridized carbons (Fsp3) is 0.308. The molecule has 0 bridgehead atoms. The first-order chi connectivity index (χ1) is 8.81. The van der Waals surface area contributed by atoms with Gasteiger partial charge in [0.05, 0.1) is 20.5 Å². The van der Waals surface area contributed by atoms with Crippen LogP contribution in [-0.4, -0.2) is 24.2 Å². The molecule has 2 aromatic rings. The second-order valence-electron chi connectivity index (χ2n) is 3.90. The van der Waals surface area contributed by atoms with Crippen molar-refractivity contribution in [3.63, 3.8) is 0 Å². The van der Waals surface area contributed by atoms with E-state index in [1.54, 1.807) is 26.7 Å². The standard InChI is InChI=1S/C13H17N3O2/c1-17-12-3-10(4-13(5-12)18-2)6-14-7-11-8-15-9-16-11/h3-5,8-9,14H,6-7H2,1-2H3,(H,15,16). The van der Waals surface area contributed by atoms with Crippen LogP contribution in [0.15, 0.2) is 30.7 Å². The Labute approximate surface area is 106 Å². The number of methoxy groups -OCH3 is 2. The van der Waals surface area contributed by atoms with Gasteiger partial charge in [0.15, 0.2) is 0 Å². The number of hydrogen-bond acceptors (Lipinski definition) is 4. The van der Waals surface area contributed by atoms with Gasteiger partial charge in [-0.1, -0.05) is 0 Å². The highest BCUT2D eigenvalue weighted by Crippen LogP contribution is 2.22. The van der Waals surface area contributed by atoms with Gasteiger partial charge in [-0.2, -0.15) is 0 Å². The molecule has 18 heavy (non-hydrogen) atoms. The minimum Gasteiger partial charge on any atom is -0.497 e. The average molecular weight is 247 g/mol. The third-order valence-corrected chi connectivity index (χ3v) is 2.61. The van der Waals surface area contributed by atoms with Gasteiger partial charge in [0.1, 0.15) is 11.5 Å². The van der Waals surface area contributed by atoms with Crippen LogP contribution in [0, 0.1) is 0 Å². The van der Waals surface area contributed by atoms with Crippen LogP contribution < -0.4 is 14.8 Å². The van der Waals surface area contributed by atoms with Crippen LogP contribution >= 0.6 is 0 Å². The Kier molecular flexibility index (Phi) is 4.20. The number of aromatic nitrogens is 2. The molecule has 0 amide bonds. The molecule has 1 aromatic heterocycles. The Morgan fingerprint density at radius 1 is 1.11 bits per heavy atom. The summed E-state index contributed by atoms with van der Waals surface area (Å²) in [5.74, 6) is 1.60. The average Bonchev–Trinajstić information content (AvgIpc) is 2.91. The maximum absolute atomic E-state index is 5.23. The Balaban J connectivity index is 1.95.